The molecule has 51 heavy (non-hydrogen) atoms. The molecule has 0 amide bonds. The zero-order chi connectivity index (χ0) is 35.6. The average Bonchev–Trinajstić information content (AvgIpc) is 4.00. The number of H-pyrrole nitrogens is 1. The summed E-state index contributed by atoms with van der Waals surface area (Å²) >= 11 is 6.74. The van der Waals surface area contributed by atoms with Gasteiger partial charge < -0.3 is 20.2 Å². The lowest BCUT2D eigenvalue weighted by molar-refractivity contribution is 0.745. The van der Waals surface area contributed by atoms with Gasteiger partial charge in [-0.15, -0.1) is 22.7 Å². The number of aromatic nitrogens is 8. The fraction of sp³-hybridized carbons (Fsp3) is 0.211. The number of hydrogen-bond acceptors (Lipinski definition) is 10. The molecule has 0 spiro atoms. The summed E-state index contributed by atoms with van der Waals surface area (Å²) in [7, 11) is 0. The smallest absolute Gasteiger partial charge is 0.138 e. The molecule has 260 valence electrons. The number of aromatic amines is 1. The van der Waals surface area contributed by atoms with E-state index < -0.39 is 0 Å². The third-order valence-electron chi connectivity index (χ3n) is 8.17. The number of fused-ring (bicyclic) bond motifs is 2. The predicted octanol–water partition coefficient (Wildman–Crippen LogP) is 10.5. The van der Waals surface area contributed by atoms with Crippen LogP contribution < -0.4 is 10.6 Å². The molecule has 6 aromatic heterocycles. The summed E-state index contributed by atoms with van der Waals surface area (Å²) in [6.45, 7) is 8.31. The number of rotatable bonds is 9. The normalized spacial score (nSPS) is 12.0. The Morgan fingerprint density at radius 2 is 1.27 bits per heavy atom. The number of benzene rings is 2. The van der Waals surface area contributed by atoms with E-state index in [0.717, 1.165) is 66.5 Å². The fourth-order valence-corrected chi connectivity index (χ4v) is 7.17. The molecule has 0 saturated carbocycles. The van der Waals surface area contributed by atoms with E-state index in [1.54, 1.807) is 47.9 Å². The zero-order valence-electron chi connectivity index (χ0n) is 28.8. The maximum atomic E-state index is 4.43. The molecular formula is C38H39BrN10S2. The number of nitrogens with one attached hydrogen (secondary N) is 3. The molecular weight excluding hydrogens is 741 g/mol. The van der Waals surface area contributed by atoms with Crippen LogP contribution in [0.4, 0.5) is 11.6 Å². The molecule has 0 aliphatic carbocycles. The highest BCUT2D eigenvalue weighted by Gasteiger charge is 2.14. The largest absolute Gasteiger partial charge is 0.363 e. The van der Waals surface area contributed by atoms with Crippen molar-refractivity contribution in [1.29, 1.82) is 0 Å². The van der Waals surface area contributed by atoms with Crippen LogP contribution in [0.1, 0.15) is 61.3 Å². The van der Waals surface area contributed by atoms with Gasteiger partial charge in [0.05, 0.1) is 41.2 Å². The van der Waals surface area contributed by atoms with Gasteiger partial charge in [0.2, 0.25) is 0 Å². The van der Waals surface area contributed by atoms with Gasteiger partial charge in [0.25, 0.3) is 0 Å². The molecule has 0 fully saturated rings. The molecule has 2 unspecified atom stereocenters. The number of aryl methyl sites for hydroxylation is 2. The van der Waals surface area contributed by atoms with Crippen molar-refractivity contribution in [2.24, 2.45) is 0 Å². The molecule has 8 rings (SSSR count). The van der Waals surface area contributed by atoms with Gasteiger partial charge in [0.1, 0.15) is 34.0 Å². The molecule has 3 N–H and O–H groups in total. The molecule has 13 heteroatoms. The van der Waals surface area contributed by atoms with Crippen LogP contribution in [-0.2, 0) is 0 Å². The van der Waals surface area contributed by atoms with Crippen molar-refractivity contribution in [2.75, 3.05) is 10.6 Å². The number of imidazole rings is 2. The lowest BCUT2D eigenvalue weighted by Crippen LogP contribution is -2.11. The molecule has 8 aromatic rings. The number of thiophene rings is 2. The maximum Gasteiger partial charge on any atom is 0.138 e. The summed E-state index contributed by atoms with van der Waals surface area (Å²) in [4.78, 5) is 30.4. The van der Waals surface area contributed by atoms with Gasteiger partial charge >= 0.3 is 0 Å². The monoisotopic (exact) mass is 778 g/mol. The van der Waals surface area contributed by atoms with Crippen molar-refractivity contribution in [3.63, 3.8) is 0 Å². The second-order valence-electron chi connectivity index (χ2n) is 11.7. The number of halogens is 1. The summed E-state index contributed by atoms with van der Waals surface area (Å²) in [5.41, 5.74) is 5.74. The third-order valence-corrected chi connectivity index (χ3v) is 10.3. The van der Waals surface area contributed by atoms with E-state index in [-0.39, 0.29) is 12.1 Å². The van der Waals surface area contributed by atoms with Crippen LogP contribution in [0.25, 0.3) is 26.1 Å². The molecule has 0 bridgehead atoms. The van der Waals surface area contributed by atoms with Gasteiger partial charge in [0.15, 0.2) is 0 Å². The van der Waals surface area contributed by atoms with Crippen LogP contribution in [-0.4, -0.2) is 39.5 Å². The van der Waals surface area contributed by atoms with E-state index in [4.69, 9.17) is 0 Å². The van der Waals surface area contributed by atoms with Gasteiger partial charge in [-0.05, 0) is 85.0 Å². The second-order valence-corrected chi connectivity index (χ2v) is 14.4. The van der Waals surface area contributed by atoms with Crippen molar-refractivity contribution in [1.82, 2.24) is 39.5 Å². The average molecular weight is 780 g/mol. The first-order valence-electron chi connectivity index (χ1n) is 16.6. The van der Waals surface area contributed by atoms with E-state index in [0.29, 0.717) is 0 Å². The number of anilines is 2. The van der Waals surface area contributed by atoms with Crippen molar-refractivity contribution in [3.05, 3.63) is 136 Å². The van der Waals surface area contributed by atoms with Crippen LogP contribution in [0.15, 0.2) is 114 Å². The lowest BCUT2D eigenvalue weighted by Gasteiger charge is -2.19. The number of nitrogens with zero attached hydrogens (tertiary/aromatic N) is 7. The Kier molecular flexibility index (Phi) is 12.2. The fourth-order valence-electron chi connectivity index (χ4n) is 5.44. The molecule has 2 aromatic carbocycles. The topological polar surface area (TPSA) is 122 Å². The minimum Gasteiger partial charge on any atom is -0.363 e. The van der Waals surface area contributed by atoms with Gasteiger partial charge in [-0.25, -0.2) is 29.9 Å². The van der Waals surface area contributed by atoms with Crippen molar-refractivity contribution >= 4 is 70.7 Å². The van der Waals surface area contributed by atoms with Crippen LogP contribution >= 0.6 is 38.6 Å². The molecule has 0 radical (unpaired) electrons. The highest BCUT2D eigenvalue weighted by atomic mass is 79.9. The van der Waals surface area contributed by atoms with Gasteiger partial charge in [0, 0.05) is 28.2 Å². The first-order chi connectivity index (χ1) is 24.9. The minimum absolute atomic E-state index is 0.205. The molecule has 0 saturated heterocycles. The Balaban J connectivity index is 0.000000154. The Morgan fingerprint density at radius 3 is 1.71 bits per heavy atom. The highest BCUT2D eigenvalue weighted by molar-refractivity contribution is 9.10. The minimum atomic E-state index is 0.205. The Bertz CT molecular complexity index is 2240. The second kappa shape index (κ2) is 17.3. The molecule has 10 nitrogen and oxygen atoms in total. The van der Waals surface area contributed by atoms with Gasteiger partial charge in [-0.3, -0.25) is 0 Å². The van der Waals surface area contributed by atoms with Gasteiger partial charge in [-0.1, -0.05) is 54.0 Å². The summed E-state index contributed by atoms with van der Waals surface area (Å²) < 4.78 is 3.13. The summed E-state index contributed by atoms with van der Waals surface area (Å²) in [6.07, 6.45) is 12.5. The Hall–Kier alpha value is -4.98. The van der Waals surface area contributed by atoms with E-state index in [1.807, 2.05) is 41.7 Å². The standard InChI is InChI=1S/C19H19N5S.C15H14BrN3S.C4H6N2/c1-3-17(23-18-16-8-9-25-19(16)21-11-20-18)14-4-6-15(7-5-14)24-10-13(2)22-12-24;1-2-13(10-3-5-11(16)6-4-10)19-14-12-7-8-20-15(12)18-9-17-14;1-4-2-5-3-6-4/h4-12,17H,3H2,1-2H3,(H,20,21,23);3-9,13H,2H2,1H3,(H,17,18,19);2-3H,1H3,(H,5,6). The molecule has 6 heterocycles. The van der Waals surface area contributed by atoms with E-state index in [9.17, 15) is 0 Å². The van der Waals surface area contributed by atoms with Crippen molar-refractivity contribution < 1.29 is 0 Å². The quantitative estimate of drug-likeness (QED) is 0.132. The van der Waals surface area contributed by atoms with Crippen LogP contribution in [0.3, 0.4) is 0 Å². The zero-order valence-corrected chi connectivity index (χ0v) is 32.0. The third kappa shape index (κ3) is 9.23. The maximum absolute atomic E-state index is 4.43. The van der Waals surface area contributed by atoms with E-state index in [2.05, 4.69) is 136 Å². The van der Waals surface area contributed by atoms with Crippen molar-refractivity contribution in [2.45, 2.75) is 52.6 Å². The van der Waals surface area contributed by atoms with E-state index in [1.165, 1.54) is 11.1 Å². The summed E-state index contributed by atoms with van der Waals surface area (Å²) in [5.74, 6) is 1.80. The Morgan fingerprint density at radius 1 is 0.725 bits per heavy atom. The van der Waals surface area contributed by atoms with Gasteiger partial charge in [-0.2, -0.15) is 0 Å². The molecule has 2 atom stereocenters. The first kappa shape index (κ1) is 35.8. The van der Waals surface area contributed by atoms with Crippen LogP contribution in [0, 0.1) is 13.8 Å². The predicted molar refractivity (Wildman–Crippen MR) is 214 cm³/mol. The molecule has 0 aliphatic heterocycles. The van der Waals surface area contributed by atoms with Crippen LogP contribution in [0.5, 0.6) is 0 Å². The first-order valence-corrected chi connectivity index (χ1v) is 19.2. The van der Waals surface area contributed by atoms with Crippen molar-refractivity contribution in [3.8, 4) is 5.69 Å². The van der Waals surface area contributed by atoms with Crippen LogP contribution in [0.2, 0.25) is 0 Å². The van der Waals surface area contributed by atoms with E-state index >= 15 is 0 Å². The summed E-state index contributed by atoms with van der Waals surface area (Å²) in [5, 5.41) is 13.4. The molecule has 0 aliphatic rings. The lowest BCUT2D eigenvalue weighted by atomic mass is 10.0. The summed E-state index contributed by atoms with van der Waals surface area (Å²) in [6, 6.07) is 21.6. The highest BCUT2D eigenvalue weighted by Crippen LogP contribution is 2.30. The SMILES string of the molecule is CCC(Nc1ncnc2sccc12)c1ccc(-n2cnc(C)c2)cc1.CCC(Nc1ncnc2sccc12)c1ccc(Br)cc1.Cc1cnc[nH]1. The Labute approximate surface area is 313 Å². The number of hydrogen-bond donors (Lipinski definition) is 3.